The SMILES string of the molecule is C=CCCC(C(=C)NC)N(C)Cc1cc(N(CCNC)C2CCCCC2)ccc1C=C. The van der Waals surface area contributed by atoms with E-state index in [2.05, 4.69) is 65.4 Å². The van der Waals surface area contributed by atoms with E-state index in [1.165, 1.54) is 48.9 Å². The zero-order valence-electron chi connectivity index (χ0n) is 20.1. The van der Waals surface area contributed by atoms with Crippen molar-refractivity contribution in [2.45, 2.75) is 63.6 Å². The lowest BCUT2D eigenvalue weighted by Gasteiger charge is -2.37. The minimum Gasteiger partial charge on any atom is -0.391 e. The third-order valence-corrected chi connectivity index (χ3v) is 6.62. The molecular weight excluding hydrogens is 380 g/mol. The summed E-state index contributed by atoms with van der Waals surface area (Å²) < 4.78 is 0. The third kappa shape index (κ3) is 7.26. The summed E-state index contributed by atoms with van der Waals surface area (Å²) in [5.74, 6) is 0. The van der Waals surface area contributed by atoms with E-state index >= 15 is 0 Å². The van der Waals surface area contributed by atoms with Crippen molar-refractivity contribution in [3.8, 4) is 0 Å². The van der Waals surface area contributed by atoms with Gasteiger partial charge in [0.15, 0.2) is 0 Å². The molecule has 2 N–H and O–H groups in total. The largest absolute Gasteiger partial charge is 0.391 e. The van der Waals surface area contributed by atoms with Gasteiger partial charge in [0.2, 0.25) is 0 Å². The van der Waals surface area contributed by atoms with E-state index in [4.69, 9.17) is 0 Å². The number of rotatable bonds is 14. The summed E-state index contributed by atoms with van der Waals surface area (Å²) in [4.78, 5) is 5.03. The Morgan fingerprint density at radius 1 is 1.19 bits per heavy atom. The molecule has 0 bridgehead atoms. The van der Waals surface area contributed by atoms with Crippen molar-refractivity contribution >= 4 is 11.8 Å². The molecule has 1 atom stereocenters. The molecule has 0 aliphatic heterocycles. The van der Waals surface area contributed by atoms with Crippen LogP contribution in [0, 0.1) is 0 Å². The Hall–Kier alpha value is -2.04. The van der Waals surface area contributed by atoms with Crippen LogP contribution in [-0.4, -0.2) is 51.2 Å². The molecule has 0 aromatic heterocycles. The van der Waals surface area contributed by atoms with Crippen LogP contribution in [0.4, 0.5) is 5.69 Å². The summed E-state index contributed by atoms with van der Waals surface area (Å²) in [5, 5.41) is 6.60. The van der Waals surface area contributed by atoms with Gasteiger partial charge < -0.3 is 15.5 Å². The molecule has 172 valence electrons. The zero-order chi connectivity index (χ0) is 22.6. The van der Waals surface area contributed by atoms with Crippen molar-refractivity contribution < 1.29 is 0 Å². The minimum atomic E-state index is 0.267. The van der Waals surface area contributed by atoms with Gasteiger partial charge in [-0.25, -0.2) is 0 Å². The smallest absolute Gasteiger partial charge is 0.0492 e. The monoisotopic (exact) mass is 424 g/mol. The van der Waals surface area contributed by atoms with Crippen LogP contribution < -0.4 is 15.5 Å². The summed E-state index contributed by atoms with van der Waals surface area (Å²) in [6.45, 7) is 15.1. The van der Waals surface area contributed by atoms with Gasteiger partial charge in [0.1, 0.15) is 0 Å². The van der Waals surface area contributed by atoms with E-state index in [9.17, 15) is 0 Å². The Labute approximate surface area is 191 Å². The van der Waals surface area contributed by atoms with Gasteiger partial charge in [-0.2, -0.15) is 0 Å². The average molecular weight is 425 g/mol. The molecule has 0 radical (unpaired) electrons. The van der Waals surface area contributed by atoms with E-state index in [0.717, 1.165) is 38.2 Å². The molecule has 4 heteroatoms. The second-order valence-corrected chi connectivity index (χ2v) is 8.75. The lowest BCUT2D eigenvalue weighted by Crippen LogP contribution is -2.41. The fourth-order valence-corrected chi connectivity index (χ4v) is 4.74. The first-order valence-corrected chi connectivity index (χ1v) is 11.9. The standard InChI is InChI=1S/C27H44N4/c1-7-9-15-27(22(3)29-5)30(6)21-24-20-26(17-16-23(24)8-2)31(19-18-28-4)25-13-11-10-12-14-25/h7-8,16-17,20,25,27-29H,1-3,9-15,18-19,21H2,4-6H3. The molecule has 1 fully saturated rings. The number of benzene rings is 1. The molecule has 0 heterocycles. The van der Waals surface area contributed by atoms with Gasteiger partial charge in [-0.05, 0) is 63.0 Å². The predicted octanol–water partition coefficient (Wildman–Crippen LogP) is 5.19. The van der Waals surface area contributed by atoms with Crippen molar-refractivity contribution in [1.29, 1.82) is 0 Å². The fourth-order valence-electron chi connectivity index (χ4n) is 4.74. The molecular formula is C27H44N4. The molecule has 31 heavy (non-hydrogen) atoms. The highest BCUT2D eigenvalue weighted by molar-refractivity contribution is 5.60. The molecule has 1 saturated carbocycles. The van der Waals surface area contributed by atoms with Crippen LogP contribution in [0.15, 0.2) is 49.7 Å². The van der Waals surface area contributed by atoms with Crippen molar-refractivity contribution in [2.75, 3.05) is 39.1 Å². The van der Waals surface area contributed by atoms with Crippen molar-refractivity contribution in [1.82, 2.24) is 15.5 Å². The molecule has 2 rings (SSSR count). The van der Waals surface area contributed by atoms with Gasteiger partial charge in [0, 0.05) is 50.2 Å². The number of nitrogens with one attached hydrogen (secondary N) is 2. The molecule has 0 saturated heterocycles. The van der Waals surface area contributed by atoms with Gasteiger partial charge in [0.25, 0.3) is 0 Å². The van der Waals surface area contributed by atoms with E-state index in [1.807, 2.05) is 26.2 Å². The minimum absolute atomic E-state index is 0.267. The van der Waals surface area contributed by atoms with E-state index in [-0.39, 0.29) is 6.04 Å². The summed E-state index contributed by atoms with van der Waals surface area (Å²) in [6.07, 6.45) is 12.6. The molecule has 1 aromatic carbocycles. The van der Waals surface area contributed by atoms with Crippen LogP contribution in [0.1, 0.15) is 56.1 Å². The van der Waals surface area contributed by atoms with Gasteiger partial charge in [-0.3, -0.25) is 4.90 Å². The highest BCUT2D eigenvalue weighted by atomic mass is 15.2. The molecule has 0 amide bonds. The van der Waals surface area contributed by atoms with Gasteiger partial charge in [-0.15, -0.1) is 6.58 Å². The van der Waals surface area contributed by atoms with E-state index < -0.39 is 0 Å². The number of hydrogen-bond acceptors (Lipinski definition) is 4. The lowest BCUT2D eigenvalue weighted by molar-refractivity contribution is 0.246. The van der Waals surface area contributed by atoms with Gasteiger partial charge >= 0.3 is 0 Å². The van der Waals surface area contributed by atoms with Crippen LogP contribution in [0.5, 0.6) is 0 Å². The van der Waals surface area contributed by atoms with Crippen molar-refractivity contribution in [3.63, 3.8) is 0 Å². The first-order chi connectivity index (χ1) is 15.0. The highest BCUT2D eigenvalue weighted by Gasteiger charge is 2.23. The average Bonchev–Trinajstić information content (AvgIpc) is 2.80. The van der Waals surface area contributed by atoms with Crippen molar-refractivity contribution in [3.05, 3.63) is 60.8 Å². The second-order valence-electron chi connectivity index (χ2n) is 8.75. The molecule has 1 aromatic rings. The topological polar surface area (TPSA) is 30.5 Å². The Kier molecular flexibility index (Phi) is 10.9. The van der Waals surface area contributed by atoms with E-state index in [0.29, 0.717) is 6.04 Å². The van der Waals surface area contributed by atoms with Crippen LogP contribution in [0.2, 0.25) is 0 Å². The summed E-state index contributed by atoms with van der Waals surface area (Å²) >= 11 is 0. The Morgan fingerprint density at radius 3 is 2.55 bits per heavy atom. The number of allylic oxidation sites excluding steroid dienone is 1. The highest BCUT2D eigenvalue weighted by Crippen LogP contribution is 2.30. The van der Waals surface area contributed by atoms with Crippen molar-refractivity contribution in [2.24, 2.45) is 0 Å². The maximum absolute atomic E-state index is 4.25. The molecule has 1 aliphatic carbocycles. The normalized spacial score (nSPS) is 15.5. The van der Waals surface area contributed by atoms with Crippen LogP contribution >= 0.6 is 0 Å². The second kappa shape index (κ2) is 13.4. The number of anilines is 1. The summed E-state index contributed by atoms with van der Waals surface area (Å²) in [6, 6.07) is 7.83. The predicted molar refractivity (Wildman–Crippen MR) is 138 cm³/mol. The Balaban J connectivity index is 2.29. The lowest BCUT2D eigenvalue weighted by atomic mass is 9.93. The van der Waals surface area contributed by atoms with Crippen LogP contribution in [-0.2, 0) is 6.54 Å². The number of likely N-dealkylation sites (N-methyl/N-ethyl adjacent to an activating group) is 3. The van der Waals surface area contributed by atoms with E-state index in [1.54, 1.807) is 0 Å². The maximum Gasteiger partial charge on any atom is 0.0492 e. The zero-order valence-corrected chi connectivity index (χ0v) is 20.1. The number of nitrogens with zero attached hydrogens (tertiary/aromatic N) is 2. The maximum atomic E-state index is 4.25. The van der Waals surface area contributed by atoms with Gasteiger partial charge in [0.05, 0.1) is 0 Å². The number of hydrogen-bond donors (Lipinski definition) is 2. The van der Waals surface area contributed by atoms with Gasteiger partial charge in [-0.1, -0.05) is 50.6 Å². The summed E-state index contributed by atoms with van der Waals surface area (Å²) in [7, 11) is 6.19. The third-order valence-electron chi connectivity index (χ3n) is 6.62. The molecule has 1 aliphatic rings. The Morgan fingerprint density at radius 2 is 1.94 bits per heavy atom. The van der Waals surface area contributed by atoms with Crippen LogP contribution in [0.3, 0.4) is 0 Å². The molecule has 1 unspecified atom stereocenters. The fraction of sp³-hybridized carbons (Fsp3) is 0.556. The quantitative estimate of drug-likeness (QED) is 0.403. The summed E-state index contributed by atoms with van der Waals surface area (Å²) in [5.41, 5.74) is 4.93. The first kappa shape index (κ1) is 25.2. The molecule has 0 spiro atoms. The Bertz CT molecular complexity index is 705. The molecule has 4 nitrogen and oxygen atoms in total. The first-order valence-electron chi connectivity index (χ1n) is 11.9. The van der Waals surface area contributed by atoms with Crippen LogP contribution in [0.25, 0.3) is 6.08 Å².